The Kier molecular flexibility index (Phi) is 5.82. The topological polar surface area (TPSA) is 99.6 Å². The molecule has 1 fully saturated rings. The van der Waals surface area contributed by atoms with Gasteiger partial charge in [-0.2, -0.15) is 13.5 Å². The van der Waals surface area contributed by atoms with Gasteiger partial charge < -0.3 is 10.2 Å². The third-order valence-corrected chi connectivity index (χ3v) is 8.38. The van der Waals surface area contributed by atoms with Crippen LogP contribution in [0.1, 0.15) is 42.0 Å². The van der Waals surface area contributed by atoms with Crippen LogP contribution < -0.4 is 14.3 Å². The van der Waals surface area contributed by atoms with Crippen molar-refractivity contribution in [1.29, 1.82) is 0 Å². The van der Waals surface area contributed by atoms with Gasteiger partial charge in [0.15, 0.2) is 0 Å². The van der Waals surface area contributed by atoms with Crippen LogP contribution in [0, 0.1) is 5.92 Å². The molecule has 1 saturated heterocycles. The highest BCUT2D eigenvalue weighted by molar-refractivity contribution is 7.91. The lowest BCUT2D eigenvalue weighted by molar-refractivity contribution is 0.118. The Morgan fingerprint density at radius 3 is 2.39 bits per heavy atom. The average molecular weight is 473 g/mol. The van der Waals surface area contributed by atoms with Gasteiger partial charge in [-0.3, -0.25) is 4.68 Å². The summed E-state index contributed by atoms with van der Waals surface area (Å²) in [7, 11) is -2.37. The fourth-order valence-corrected chi connectivity index (χ4v) is 6.54. The highest BCUT2D eigenvalue weighted by Gasteiger charge is 2.30. The molecule has 2 aromatic rings. The maximum atomic E-state index is 13.3. The minimum Gasteiger partial charge on any atom is -0.307 e. The van der Waals surface area contributed by atoms with Crippen molar-refractivity contribution in [3.8, 4) is 0 Å². The zero-order valence-corrected chi connectivity index (χ0v) is 20.1. The standard InChI is InChI=1S/C23H32N6O3S/c1-16-13-28(14-16)9-10-29(19-12-24-27(2)15-19)33(31,32)26-23(30)25-22-20-7-3-5-17(20)11-18-6-4-8-21(18)22/h11-12,15-16H,3-10,13-14H2,1-2H3,(H2,25,26,30). The van der Waals surface area contributed by atoms with Crippen LogP contribution in [0.15, 0.2) is 18.5 Å². The molecule has 178 valence electrons. The summed E-state index contributed by atoms with van der Waals surface area (Å²) in [6, 6.07) is 1.57. The van der Waals surface area contributed by atoms with Crippen molar-refractivity contribution in [2.75, 3.05) is 35.8 Å². The van der Waals surface area contributed by atoms with Crippen LogP contribution in [0.2, 0.25) is 0 Å². The smallest absolute Gasteiger partial charge is 0.307 e. The normalized spacial score (nSPS) is 18.0. The van der Waals surface area contributed by atoms with Crippen LogP contribution in [0.4, 0.5) is 16.2 Å². The van der Waals surface area contributed by atoms with Crippen molar-refractivity contribution in [1.82, 2.24) is 19.4 Å². The Balaban J connectivity index is 1.34. The molecule has 1 aliphatic heterocycles. The molecule has 10 heteroatoms. The molecule has 0 bridgehead atoms. The first-order valence-electron chi connectivity index (χ1n) is 11.8. The first kappa shape index (κ1) is 22.2. The maximum absolute atomic E-state index is 13.3. The molecule has 2 aliphatic carbocycles. The molecule has 0 radical (unpaired) electrons. The van der Waals surface area contributed by atoms with Crippen LogP contribution in [-0.2, 0) is 42.9 Å². The maximum Gasteiger partial charge on any atom is 0.334 e. The zero-order valence-electron chi connectivity index (χ0n) is 19.3. The first-order chi connectivity index (χ1) is 15.8. The van der Waals surface area contributed by atoms with E-state index in [1.54, 1.807) is 17.9 Å². The van der Waals surface area contributed by atoms with E-state index in [2.05, 4.69) is 33.0 Å². The van der Waals surface area contributed by atoms with Crippen molar-refractivity contribution >= 4 is 27.6 Å². The number of aryl methyl sites for hydroxylation is 3. The molecule has 1 aromatic heterocycles. The molecule has 0 atom stereocenters. The van der Waals surface area contributed by atoms with Crippen LogP contribution in [0.25, 0.3) is 0 Å². The Morgan fingerprint density at radius 1 is 1.15 bits per heavy atom. The van der Waals surface area contributed by atoms with E-state index in [0.29, 0.717) is 18.2 Å². The molecule has 3 aliphatic rings. The molecule has 5 rings (SSSR count). The first-order valence-corrected chi connectivity index (χ1v) is 13.2. The summed E-state index contributed by atoms with van der Waals surface area (Å²) in [6.07, 6.45) is 9.15. The number of carbonyl (C=O) groups is 1. The number of nitrogens with zero attached hydrogens (tertiary/aromatic N) is 4. The summed E-state index contributed by atoms with van der Waals surface area (Å²) >= 11 is 0. The second-order valence-electron chi connectivity index (χ2n) is 9.60. The summed E-state index contributed by atoms with van der Waals surface area (Å²) in [5, 5.41) is 7.03. The number of hydrogen-bond donors (Lipinski definition) is 2. The van der Waals surface area contributed by atoms with E-state index in [9.17, 15) is 13.2 Å². The van der Waals surface area contributed by atoms with Crippen molar-refractivity contribution in [3.05, 3.63) is 40.7 Å². The number of amides is 2. The Hall–Kier alpha value is -2.59. The van der Waals surface area contributed by atoms with Gasteiger partial charge in [-0.1, -0.05) is 13.0 Å². The zero-order chi connectivity index (χ0) is 23.2. The van der Waals surface area contributed by atoms with Gasteiger partial charge in [0, 0.05) is 45.1 Å². The number of fused-ring (bicyclic) bond motifs is 2. The van der Waals surface area contributed by atoms with E-state index in [0.717, 1.165) is 57.3 Å². The molecular weight excluding hydrogens is 440 g/mol. The van der Waals surface area contributed by atoms with Gasteiger partial charge in [-0.25, -0.2) is 13.8 Å². The van der Waals surface area contributed by atoms with E-state index < -0.39 is 16.2 Å². The number of aromatic nitrogens is 2. The SMILES string of the molecule is CC1CN(CCN(c2cnn(C)c2)S(=O)(=O)NC(=O)Nc2c3c(cc4c2CCC4)CCC3)C1. The number of likely N-dealkylation sites (tertiary alicyclic amines) is 1. The lowest BCUT2D eigenvalue weighted by Crippen LogP contribution is -2.51. The summed E-state index contributed by atoms with van der Waals surface area (Å²) in [5.41, 5.74) is 6.17. The molecule has 2 heterocycles. The second kappa shape index (κ2) is 8.64. The van der Waals surface area contributed by atoms with Gasteiger partial charge >= 0.3 is 16.2 Å². The van der Waals surface area contributed by atoms with Gasteiger partial charge in [0.2, 0.25) is 0 Å². The predicted molar refractivity (Wildman–Crippen MR) is 128 cm³/mol. The van der Waals surface area contributed by atoms with E-state index in [-0.39, 0.29) is 6.54 Å². The molecule has 2 N–H and O–H groups in total. The van der Waals surface area contributed by atoms with Crippen molar-refractivity contribution in [2.45, 2.75) is 45.4 Å². The number of rotatable bonds is 7. The third-order valence-electron chi connectivity index (χ3n) is 6.96. The van der Waals surface area contributed by atoms with Crippen LogP contribution >= 0.6 is 0 Å². The number of benzene rings is 1. The van der Waals surface area contributed by atoms with Crippen molar-refractivity contribution in [3.63, 3.8) is 0 Å². The van der Waals surface area contributed by atoms with E-state index in [1.807, 2.05) is 0 Å². The van der Waals surface area contributed by atoms with Crippen LogP contribution in [0.3, 0.4) is 0 Å². The number of nitrogens with one attached hydrogen (secondary N) is 2. The third kappa shape index (κ3) is 4.46. The number of carbonyl (C=O) groups excluding carboxylic acids is 1. The average Bonchev–Trinajstić information content (AvgIpc) is 3.46. The van der Waals surface area contributed by atoms with Gasteiger partial charge in [-0.15, -0.1) is 0 Å². The molecule has 1 aromatic carbocycles. The minimum atomic E-state index is -4.11. The van der Waals surface area contributed by atoms with E-state index in [1.165, 1.54) is 32.8 Å². The summed E-state index contributed by atoms with van der Waals surface area (Å²) in [5.74, 6) is 0.631. The summed E-state index contributed by atoms with van der Waals surface area (Å²) in [4.78, 5) is 15.2. The molecule has 33 heavy (non-hydrogen) atoms. The minimum absolute atomic E-state index is 0.247. The second-order valence-corrected chi connectivity index (χ2v) is 11.2. The van der Waals surface area contributed by atoms with Crippen LogP contribution in [-0.4, -0.2) is 55.3 Å². The predicted octanol–water partition coefficient (Wildman–Crippen LogP) is 2.22. The number of urea groups is 1. The molecule has 2 amide bonds. The molecule has 0 saturated carbocycles. The molecule has 0 unspecified atom stereocenters. The monoisotopic (exact) mass is 472 g/mol. The van der Waals surface area contributed by atoms with Gasteiger partial charge in [0.25, 0.3) is 0 Å². The Morgan fingerprint density at radius 2 is 1.82 bits per heavy atom. The number of anilines is 2. The van der Waals surface area contributed by atoms with Gasteiger partial charge in [0.05, 0.1) is 11.9 Å². The lowest BCUT2D eigenvalue weighted by atomic mass is 9.99. The van der Waals surface area contributed by atoms with E-state index >= 15 is 0 Å². The fourth-order valence-electron chi connectivity index (χ4n) is 5.45. The van der Waals surface area contributed by atoms with Gasteiger partial charge in [0.1, 0.15) is 0 Å². The largest absolute Gasteiger partial charge is 0.334 e. The summed E-state index contributed by atoms with van der Waals surface area (Å²) < 4.78 is 31.6. The van der Waals surface area contributed by atoms with Crippen molar-refractivity contribution in [2.24, 2.45) is 13.0 Å². The van der Waals surface area contributed by atoms with Crippen LogP contribution in [0.5, 0.6) is 0 Å². The molecular formula is C23H32N6O3S. The summed E-state index contributed by atoms with van der Waals surface area (Å²) in [6.45, 7) is 4.94. The Labute approximate surface area is 195 Å². The number of hydrogen-bond acceptors (Lipinski definition) is 5. The Bertz CT molecular complexity index is 1140. The van der Waals surface area contributed by atoms with Crippen molar-refractivity contribution < 1.29 is 13.2 Å². The fraction of sp³-hybridized carbons (Fsp3) is 0.565. The van der Waals surface area contributed by atoms with E-state index in [4.69, 9.17) is 0 Å². The van der Waals surface area contributed by atoms with Gasteiger partial charge in [-0.05, 0) is 66.7 Å². The highest BCUT2D eigenvalue weighted by Crippen LogP contribution is 2.38. The lowest BCUT2D eigenvalue weighted by Gasteiger charge is -2.38. The quantitative estimate of drug-likeness (QED) is 0.644. The highest BCUT2D eigenvalue weighted by atomic mass is 32.2. The molecule has 9 nitrogen and oxygen atoms in total. The molecule has 0 spiro atoms.